The van der Waals surface area contributed by atoms with Gasteiger partial charge in [-0.1, -0.05) is 6.07 Å². The number of carbonyl (C=O) groups is 1. The van der Waals surface area contributed by atoms with Crippen LogP contribution in [0.25, 0.3) is 6.08 Å². The molecule has 1 aromatic heterocycles. The van der Waals surface area contributed by atoms with E-state index in [1.54, 1.807) is 16.2 Å². The van der Waals surface area contributed by atoms with Crippen LogP contribution in [-0.2, 0) is 9.53 Å². The Bertz CT molecular complexity index is 447. The van der Waals surface area contributed by atoms with Crippen molar-refractivity contribution in [1.29, 1.82) is 0 Å². The number of thiophene rings is 1. The maximum Gasteiger partial charge on any atom is 0.249 e. The van der Waals surface area contributed by atoms with Crippen LogP contribution >= 0.6 is 11.3 Å². The number of rotatable bonds is 5. The predicted molar refractivity (Wildman–Crippen MR) is 83.8 cm³/mol. The maximum absolute atomic E-state index is 12.3. The molecule has 1 aliphatic heterocycles. The van der Waals surface area contributed by atoms with Gasteiger partial charge in [0, 0.05) is 30.6 Å². The van der Waals surface area contributed by atoms with Gasteiger partial charge in [-0.2, -0.15) is 0 Å². The summed E-state index contributed by atoms with van der Waals surface area (Å²) in [6.07, 6.45) is 6.79. The fourth-order valence-corrected chi connectivity index (χ4v) is 3.14. The van der Waals surface area contributed by atoms with E-state index in [-0.39, 0.29) is 5.91 Å². The second-order valence-electron chi connectivity index (χ2n) is 5.35. The molecule has 1 aromatic rings. The van der Waals surface area contributed by atoms with E-state index in [0.717, 1.165) is 36.4 Å². The smallest absolute Gasteiger partial charge is 0.249 e. The van der Waals surface area contributed by atoms with Crippen LogP contribution in [0.2, 0.25) is 0 Å². The van der Waals surface area contributed by atoms with E-state index in [2.05, 4.69) is 0 Å². The molecule has 20 heavy (non-hydrogen) atoms. The summed E-state index contributed by atoms with van der Waals surface area (Å²) in [6, 6.07) is 4.02. The Morgan fingerprint density at radius 2 is 2.40 bits per heavy atom. The largest absolute Gasteiger partial charge is 0.378 e. The minimum atomic E-state index is 0.106. The number of nitrogens with zero attached hydrogens (tertiary/aromatic N) is 1. The van der Waals surface area contributed by atoms with Gasteiger partial charge in [0.2, 0.25) is 5.91 Å². The summed E-state index contributed by atoms with van der Waals surface area (Å²) >= 11 is 1.65. The third-order valence-electron chi connectivity index (χ3n) is 3.65. The van der Waals surface area contributed by atoms with Crippen LogP contribution < -0.4 is 0 Å². The molecule has 1 atom stereocenters. The lowest BCUT2D eigenvalue weighted by molar-refractivity contribution is -0.126. The summed E-state index contributed by atoms with van der Waals surface area (Å²) in [4.78, 5) is 15.2. The predicted octanol–water partition coefficient (Wildman–Crippen LogP) is 3.57. The molecule has 0 saturated carbocycles. The van der Waals surface area contributed by atoms with Gasteiger partial charge < -0.3 is 9.64 Å². The molecule has 110 valence electrons. The quantitative estimate of drug-likeness (QED) is 0.777. The van der Waals surface area contributed by atoms with Crippen molar-refractivity contribution in [2.45, 2.75) is 38.7 Å². The molecule has 1 fully saturated rings. The average Bonchev–Trinajstić information content (AvgIpc) is 2.98. The number of amides is 1. The van der Waals surface area contributed by atoms with Crippen LogP contribution in [-0.4, -0.2) is 37.1 Å². The summed E-state index contributed by atoms with van der Waals surface area (Å²) in [5, 5.41) is 2.02. The van der Waals surface area contributed by atoms with Crippen molar-refractivity contribution in [2.24, 2.45) is 0 Å². The molecule has 0 aromatic carbocycles. The molecule has 0 spiro atoms. The highest BCUT2D eigenvalue weighted by Gasteiger charge is 2.17. The van der Waals surface area contributed by atoms with Crippen molar-refractivity contribution < 1.29 is 9.53 Å². The Balaban J connectivity index is 1.81. The Labute approximate surface area is 125 Å². The topological polar surface area (TPSA) is 29.5 Å². The van der Waals surface area contributed by atoms with E-state index >= 15 is 0 Å². The van der Waals surface area contributed by atoms with Gasteiger partial charge in [0.15, 0.2) is 0 Å². The SMILES string of the molecule is C/C(=C\c1cccs1)C(=O)N(C)CCC1CCCCO1. The van der Waals surface area contributed by atoms with Crippen molar-refractivity contribution >= 4 is 23.3 Å². The van der Waals surface area contributed by atoms with Crippen LogP contribution in [0.15, 0.2) is 23.1 Å². The molecule has 0 N–H and O–H groups in total. The lowest BCUT2D eigenvalue weighted by Gasteiger charge is -2.25. The first-order valence-electron chi connectivity index (χ1n) is 7.25. The number of hydrogen-bond donors (Lipinski definition) is 0. The Morgan fingerprint density at radius 1 is 1.55 bits per heavy atom. The lowest BCUT2D eigenvalue weighted by Crippen LogP contribution is -2.31. The van der Waals surface area contributed by atoms with E-state index in [4.69, 9.17) is 4.74 Å². The first-order valence-corrected chi connectivity index (χ1v) is 8.13. The summed E-state index contributed by atoms with van der Waals surface area (Å²) < 4.78 is 5.70. The van der Waals surface area contributed by atoms with Gasteiger partial charge >= 0.3 is 0 Å². The van der Waals surface area contributed by atoms with E-state index < -0.39 is 0 Å². The minimum absolute atomic E-state index is 0.106. The second kappa shape index (κ2) is 7.60. The van der Waals surface area contributed by atoms with Crippen molar-refractivity contribution in [3.05, 3.63) is 28.0 Å². The van der Waals surface area contributed by atoms with Gasteiger partial charge in [-0.15, -0.1) is 11.3 Å². The number of likely N-dealkylation sites (N-methyl/N-ethyl adjacent to an activating group) is 1. The molecular formula is C16H23NO2S. The molecule has 0 bridgehead atoms. The first kappa shape index (κ1) is 15.3. The molecular weight excluding hydrogens is 270 g/mol. The van der Waals surface area contributed by atoms with Crippen LogP contribution in [0.4, 0.5) is 0 Å². The average molecular weight is 293 g/mol. The Hall–Kier alpha value is -1.13. The van der Waals surface area contributed by atoms with Gasteiger partial charge in [0.05, 0.1) is 6.10 Å². The molecule has 1 saturated heterocycles. The first-order chi connectivity index (χ1) is 9.66. The summed E-state index contributed by atoms with van der Waals surface area (Å²) in [5.41, 5.74) is 0.791. The molecule has 0 aliphatic carbocycles. The standard InChI is InChI=1S/C16H23NO2S/c1-13(12-15-7-5-11-20-15)16(18)17(2)9-8-14-6-3-4-10-19-14/h5,7,11-12,14H,3-4,6,8-10H2,1-2H3/b13-12+. The van der Waals surface area contributed by atoms with Crippen LogP contribution in [0, 0.1) is 0 Å². The third kappa shape index (κ3) is 4.46. The maximum atomic E-state index is 12.3. The zero-order chi connectivity index (χ0) is 14.4. The molecule has 1 aliphatic rings. The molecule has 4 heteroatoms. The van der Waals surface area contributed by atoms with Crippen molar-refractivity contribution in [2.75, 3.05) is 20.2 Å². The van der Waals surface area contributed by atoms with Gasteiger partial charge in [0.25, 0.3) is 0 Å². The fraction of sp³-hybridized carbons (Fsp3) is 0.562. The number of hydrogen-bond acceptors (Lipinski definition) is 3. The summed E-state index contributed by atoms with van der Waals surface area (Å²) in [5.74, 6) is 0.106. The van der Waals surface area contributed by atoms with Gasteiger partial charge in [0.1, 0.15) is 0 Å². The fourth-order valence-electron chi connectivity index (χ4n) is 2.42. The highest BCUT2D eigenvalue weighted by Crippen LogP contribution is 2.17. The minimum Gasteiger partial charge on any atom is -0.378 e. The highest BCUT2D eigenvalue weighted by atomic mass is 32.1. The molecule has 0 radical (unpaired) electrons. The zero-order valence-electron chi connectivity index (χ0n) is 12.3. The van der Waals surface area contributed by atoms with E-state index in [1.165, 1.54) is 12.8 Å². The molecule has 2 rings (SSSR count). The molecule has 3 nitrogen and oxygen atoms in total. The number of ether oxygens (including phenoxy) is 1. The monoisotopic (exact) mass is 293 g/mol. The number of carbonyl (C=O) groups excluding carboxylic acids is 1. The van der Waals surface area contributed by atoms with Crippen molar-refractivity contribution in [1.82, 2.24) is 4.90 Å². The van der Waals surface area contributed by atoms with Crippen molar-refractivity contribution in [3.8, 4) is 0 Å². The van der Waals surface area contributed by atoms with Crippen LogP contribution in [0.3, 0.4) is 0 Å². The summed E-state index contributed by atoms with van der Waals surface area (Å²) in [6.45, 7) is 3.52. The zero-order valence-corrected chi connectivity index (χ0v) is 13.1. The van der Waals surface area contributed by atoms with Gasteiger partial charge in [-0.05, 0) is 50.1 Å². The van der Waals surface area contributed by atoms with E-state index in [1.807, 2.05) is 37.6 Å². The normalized spacial score (nSPS) is 19.9. The molecule has 2 heterocycles. The van der Waals surface area contributed by atoms with Gasteiger partial charge in [-0.3, -0.25) is 4.79 Å². The Morgan fingerprint density at radius 3 is 3.05 bits per heavy atom. The van der Waals surface area contributed by atoms with E-state index in [0.29, 0.717) is 6.10 Å². The Kier molecular flexibility index (Phi) is 5.80. The third-order valence-corrected chi connectivity index (χ3v) is 4.47. The van der Waals surface area contributed by atoms with E-state index in [9.17, 15) is 4.79 Å². The summed E-state index contributed by atoms with van der Waals surface area (Å²) in [7, 11) is 1.87. The van der Waals surface area contributed by atoms with Crippen LogP contribution in [0.1, 0.15) is 37.5 Å². The molecule has 1 unspecified atom stereocenters. The van der Waals surface area contributed by atoms with Crippen LogP contribution in [0.5, 0.6) is 0 Å². The van der Waals surface area contributed by atoms with Gasteiger partial charge in [-0.25, -0.2) is 0 Å². The highest BCUT2D eigenvalue weighted by molar-refractivity contribution is 7.10. The molecule has 1 amide bonds. The lowest BCUT2D eigenvalue weighted by atomic mass is 10.1. The second-order valence-corrected chi connectivity index (χ2v) is 6.33. The van der Waals surface area contributed by atoms with Crippen molar-refractivity contribution in [3.63, 3.8) is 0 Å².